The topological polar surface area (TPSA) is 105 Å². The van der Waals surface area contributed by atoms with E-state index in [4.69, 9.17) is 14.7 Å². The van der Waals surface area contributed by atoms with Crippen molar-refractivity contribution in [2.24, 2.45) is 0 Å². The third-order valence-electron chi connectivity index (χ3n) is 4.26. The van der Waals surface area contributed by atoms with E-state index < -0.39 is 11.7 Å². The zero-order chi connectivity index (χ0) is 21.9. The van der Waals surface area contributed by atoms with E-state index in [1.165, 1.54) is 11.3 Å². The lowest BCUT2D eigenvalue weighted by atomic mass is 10.2. The zero-order valence-electron chi connectivity index (χ0n) is 17.4. The van der Waals surface area contributed by atoms with Gasteiger partial charge in [-0.2, -0.15) is 5.26 Å². The number of hydrogen-bond acceptors (Lipinski definition) is 7. The van der Waals surface area contributed by atoms with Gasteiger partial charge in [-0.1, -0.05) is 17.4 Å². The van der Waals surface area contributed by atoms with Gasteiger partial charge in [0.2, 0.25) is 0 Å². The second-order valence-corrected chi connectivity index (χ2v) is 9.01. The molecule has 9 heteroatoms. The highest BCUT2D eigenvalue weighted by Crippen LogP contribution is 2.29. The summed E-state index contributed by atoms with van der Waals surface area (Å²) in [5.41, 5.74) is 0.792. The quantitative estimate of drug-likeness (QED) is 0.796. The SMILES string of the molecule is CC(Oc1cccc(C#N)c1)C(=O)Nc1nc2c(s1)CN(C(=O)OC(C)(C)C)CC2. The fourth-order valence-electron chi connectivity index (χ4n) is 2.83. The average molecular weight is 429 g/mol. The highest BCUT2D eigenvalue weighted by Gasteiger charge is 2.28. The van der Waals surface area contributed by atoms with Crippen LogP contribution in [0.15, 0.2) is 24.3 Å². The summed E-state index contributed by atoms with van der Waals surface area (Å²) in [4.78, 5) is 31.9. The van der Waals surface area contributed by atoms with Crippen molar-refractivity contribution in [2.75, 3.05) is 11.9 Å². The Bertz CT molecular complexity index is 990. The van der Waals surface area contributed by atoms with Crippen LogP contribution in [0.1, 0.15) is 43.8 Å². The molecule has 0 radical (unpaired) electrons. The van der Waals surface area contributed by atoms with Crippen molar-refractivity contribution in [1.29, 1.82) is 5.26 Å². The van der Waals surface area contributed by atoms with Crippen molar-refractivity contribution in [3.63, 3.8) is 0 Å². The van der Waals surface area contributed by atoms with Crippen LogP contribution >= 0.6 is 11.3 Å². The van der Waals surface area contributed by atoms with Gasteiger partial charge in [-0.15, -0.1) is 0 Å². The van der Waals surface area contributed by atoms with Gasteiger partial charge in [0, 0.05) is 17.8 Å². The minimum atomic E-state index is -0.766. The van der Waals surface area contributed by atoms with E-state index in [1.54, 1.807) is 36.1 Å². The molecule has 0 saturated heterocycles. The summed E-state index contributed by atoms with van der Waals surface area (Å²) in [6.07, 6.45) is -0.514. The number of amides is 2. The van der Waals surface area contributed by atoms with Gasteiger partial charge in [0.05, 0.1) is 23.9 Å². The van der Waals surface area contributed by atoms with E-state index in [2.05, 4.69) is 10.3 Å². The number of aromatic nitrogens is 1. The van der Waals surface area contributed by atoms with Crippen LogP contribution in [0, 0.1) is 11.3 Å². The van der Waals surface area contributed by atoms with Crippen molar-refractivity contribution < 1.29 is 19.1 Å². The lowest BCUT2D eigenvalue weighted by molar-refractivity contribution is -0.122. The Morgan fingerprint density at radius 1 is 1.37 bits per heavy atom. The molecule has 1 aliphatic heterocycles. The predicted molar refractivity (Wildman–Crippen MR) is 112 cm³/mol. The molecule has 2 aromatic rings. The number of carbonyl (C=O) groups excluding carboxylic acids is 2. The number of nitrogens with zero attached hydrogens (tertiary/aromatic N) is 3. The van der Waals surface area contributed by atoms with Crippen LogP contribution in [0.25, 0.3) is 0 Å². The zero-order valence-corrected chi connectivity index (χ0v) is 18.2. The van der Waals surface area contributed by atoms with E-state index in [1.807, 2.05) is 26.8 Å². The fraction of sp³-hybridized carbons (Fsp3) is 0.429. The summed E-state index contributed by atoms with van der Waals surface area (Å²) in [6, 6.07) is 8.67. The van der Waals surface area contributed by atoms with Gasteiger partial charge in [-0.25, -0.2) is 9.78 Å². The van der Waals surface area contributed by atoms with Gasteiger partial charge in [0.25, 0.3) is 5.91 Å². The Hall–Kier alpha value is -3.12. The second-order valence-electron chi connectivity index (χ2n) is 7.93. The molecule has 2 amide bonds. The molecular formula is C21H24N4O4S. The number of rotatable bonds is 4. The van der Waals surface area contributed by atoms with Crippen molar-refractivity contribution in [2.45, 2.75) is 52.4 Å². The molecule has 3 rings (SSSR count). The van der Waals surface area contributed by atoms with Gasteiger partial charge < -0.3 is 14.4 Å². The minimum absolute atomic E-state index is 0.340. The van der Waals surface area contributed by atoms with Gasteiger partial charge in [0.15, 0.2) is 11.2 Å². The molecule has 1 atom stereocenters. The largest absolute Gasteiger partial charge is 0.481 e. The number of carbonyl (C=O) groups is 2. The first-order valence-electron chi connectivity index (χ1n) is 9.59. The van der Waals surface area contributed by atoms with Crippen LogP contribution in [0.4, 0.5) is 9.93 Å². The number of ether oxygens (including phenoxy) is 2. The first-order chi connectivity index (χ1) is 14.1. The Kier molecular flexibility index (Phi) is 6.27. The normalized spacial score (nSPS) is 14.3. The summed E-state index contributed by atoms with van der Waals surface area (Å²) >= 11 is 1.34. The Morgan fingerprint density at radius 3 is 2.83 bits per heavy atom. The Labute approximate surface area is 179 Å². The van der Waals surface area contributed by atoms with Crippen LogP contribution in [0.3, 0.4) is 0 Å². The van der Waals surface area contributed by atoms with Crippen molar-refractivity contribution >= 4 is 28.5 Å². The molecule has 0 fully saturated rings. The van der Waals surface area contributed by atoms with Crippen molar-refractivity contribution in [1.82, 2.24) is 9.88 Å². The van der Waals surface area contributed by atoms with Gasteiger partial charge >= 0.3 is 6.09 Å². The van der Waals surface area contributed by atoms with E-state index in [9.17, 15) is 9.59 Å². The van der Waals surface area contributed by atoms with Crippen LogP contribution in [-0.4, -0.2) is 40.1 Å². The fourth-order valence-corrected chi connectivity index (χ4v) is 3.86. The summed E-state index contributed by atoms with van der Waals surface area (Å²) < 4.78 is 11.1. The second kappa shape index (κ2) is 8.71. The Balaban J connectivity index is 1.60. The first-order valence-corrected chi connectivity index (χ1v) is 10.4. The molecule has 1 aromatic heterocycles. The van der Waals surface area contributed by atoms with Crippen molar-refractivity contribution in [3.05, 3.63) is 40.4 Å². The predicted octanol–water partition coefficient (Wildman–Crippen LogP) is 3.71. The van der Waals surface area contributed by atoms with Crippen molar-refractivity contribution in [3.8, 4) is 11.8 Å². The summed E-state index contributed by atoms with van der Waals surface area (Å²) in [7, 11) is 0. The molecule has 0 saturated carbocycles. The Morgan fingerprint density at radius 2 is 2.13 bits per heavy atom. The molecule has 0 bridgehead atoms. The van der Waals surface area contributed by atoms with Crippen LogP contribution < -0.4 is 10.1 Å². The lowest BCUT2D eigenvalue weighted by Gasteiger charge is -2.29. The molecule has 1 aromatic carbocycles. The van der Waals surface area contributed by atoms with Gasteiger partial charge in [-0.05, 0) is 45.9 Å². The summed E-state index contributed by atoms with van der Waals surface area (Å²) in [6.45, 7) is 8.06. The first kappa shape index (κ1) is 21.6. The molecule has 2 heterocycles. The number of nitrogens with one attached hydrogen (secondary N) is 1. The highest BCUT2D eigenvalue weighted by atomic mass is 32.1. The van der Waals surface area contributed by atoms with E-state index in [-0.39, 0.29) is 12.0 Å². The number of fused-ring (bicyclic) bond motifs is 1. The monoisotopic (exact) mass is 428 g/mol. The average Bonchev–Trinajstić information content (AvgIpc) is 3.08. The molecule has 1 unspecified atom stereocenters. The number of benzene rings is 1. The molecular weight excluding hydrogens is 404 g/mol. The lowest BCUT2D eigenvalue weighted by Crippen LogP contribution is -2.39. The summed E-state index contributed by atoms with van der Waals surface area (Å²) in [5, 5.41) is 12.2. The third kappa shape index (κ3) is 5.48. The maximum absolute atomic E-state index is 12.5. The van der Waals surface area contributed by atoms with Crippen LogP contribution in [-0.2, 0) is 22.5 Å². The van der Waals surface area contributed by atoms with Gasteiger partial charge in [0.1, 0.15) is 11.4 Å². The highest BCUT2D eigenvalue weighted by molar-refractivity contribution is 7.15. The van der Waals surface area contributed by atoms with E-state index in [0.717, 1.165) is 10.6 Å². The molecule has 8 nitrogen and oxygen atoms in total. The molecule has 1 N–H and O–H groups in total. The minimum Gasteiger partial charge on any atom is -0.481 e. The third-order valence-corrected chi connectivity index (χ3v) is 5.26. The number of nitriles is 1. The van der Waals surface area contributed by atoms with E-state index >= 15 is 0 Å². The smallest absolute Gasteiger partial charge is 0.410 e. The number of anilines is 1. The maximum Gasteiger partial charge on any atom is 0.410 e. The van der Waals surface area contributed by atoms with Crippen LogP contribution in [0.5, 0.6) is 5.75 Å². The molecule has 30 heavy (non-hydrogen) atoms. The maximum atomic E-state index is 12.5. The van der Waals surface area contributed by atoms with Crippen LogP contribution in [0.2, 0.25) is 0 Å². The number of hydrogen-bond donors (Lipinski definition) is 1. The standard InChI is InChI=1S/C21H24N4O4S/c1-13(28-15-7-5-6-14(10-15)11-22)18(26)24-19-23-16-8-9-25(12-17(16)30-19)20(27)29-21(2,3)4/h5-7,10,13H,8-9,12H2,1-4H3,(H,23,24,26). The van der Waals surface area contributed by atoms with Gasteiger partial charge in [-0.3, -0.25) is 10.1 Å². The molecule has 158 valence electrons. The summed E-state index contributed by atoms with van der Waals surface area (Å²) in [5.74, 6) is 0.107. The molecule has 0 spiro atoms. The van der Waals surface area contributed by atoms with E-state index in [0.29, 0.717) is 36.0 Å². The number of thiazole rings is 1. The molecule has 0 aliphatic carbocycles. The molecule has 1 aliphatic rings.